The Morgan fingerprint density at radius 1 is 1.40 bits per heavy atom. The van der Waals surface area contributed by atoms with E-state index in [1.807, 2.05) is 6.92 Å². The topological polar surface area (TPSA) is 35.5 Å². The number of Topliss-reactive ketones (excluding diaryl/α,β-unsaturated/α-hetero) is 1. The van der Waals surface area contributed by atoms with Crippen LogP contribution in [0.1, 0.15) is 22.8 Å². The number of carbonyl (C=O) groups excluding carboxylic acids is 1. The molecule has 0 aliphatic carbocycles. The highest BCUT2D eigenvalue weighted by molar-refractivity contribution is 9.10. The van der Waals surface area contributed by atoms with Gasteiger partial charge in [0.05, 0.1) is 4.47 Å². The molecule has 2 rings (SSSR count). The van der Waals surface area contributed by atoms with Crippen molar-refractivity contribution in [2.75, 3.05) is 13.2 Å². The average Bonchev–Trinajstić information content (AvgIpc) is 2.23. The molecule has 0 spiro atoms. The van der Waals surface area contributed by atoms with Crippen LogP contribution in [0.3, 0.4) is 0 Å². The fourth-order valence-electron chi connectivity index (χ4n) is 1.60. The Hall–Kier alpha value is -1.03. The van der Waals surface area contributed by atoms with Crippen LogP contribution in [0, 0.1) is 6.92 Å². The molecule has 80 valence electrons. The summed E-state index contributed by atoms with van der Waals surface area (Å²) in [5, 5.41) is 0. The van der Waals surface area contributed by atoms with Gasteiger partial charge in [-0.05, 0) is 41.4 Å². The molecule has 0 amide bonds. The highest BCUT2D eigenvalue weighted by atomic mass is 79.9. The lowest BCUT2D eigenvalue weighted by Gasteiger charge is -2.21. The molecule has 4 heteroatoms. The molecule has 0 unspecified atom stereocenters. The molecule has 1 aliphatic rings. The van der Waals surface area contributed by atoms with Gasteiger partial charge in [0.1, 0.15) is 13.2 Å². The first kappa shape index (κ1) is 10.5. The summed E-state index contributed by atoms with van der Waals surface area (Å²) in [6, 6.07) is 1.75. The predicted molar refractivity (Wildman–Crippen MR) is 59.9 cm³/mol. The second-order valence-electron chi connectivity index (χ2n) is 3.44. The maximum Gasteiger partial charge on any atom is 0.175 e. The van der Waals surface area contributed by atoms with E-state index in [9.17, 15) is 4.79 Å². The molecule has 0 saturated heterocycles. The molecule has 15 heavy (non-hydrogen) atoms. The highest BCUT2D eigenvalue weighted by Gasteiger charge is 2.20. The third-order valence-corrected chi connectivity index (χ3v) is 3.35. The van der Waals surface area contributed by atoms with Gasteiger partial charge in [0, 0.05) is 5.56 Å². The molecule has 1 aliphatic heterocycles. The van der Waals surface area contributed by atoms with Crippen LogP contribution >= 0.6 is 15.9 Å². The zero-order valence-electron chi connectivity index (χ0n) is 8.59. The third-order valence-electron chi connectivity index (χ3n) is 2.40. The zero-order chi connectivity index (χ0) is 11.0. The Morgan fingerprint density at radius 2 is 2.07 bits per heavy atom. The largest absolute Gasteiger partial charge is 0.486 e. The van der Waals surface area contributed by atoms with Gasteiger partial charge >= 0.3 is 0 Å². The summed E-state index contributed by atoms with van der Waals surface area (Å²) < 4.78 is 11.7. The van der Waals surface area contributed by atoms with Gasteiger partial charge in [-0.1, -0.05) is 0 Å². The van der Waals surface area contributed by atoms with Gasteiger partial charge in [0.25, 0.3) is 0 Å². The molecular weight excluding hydrogens is 260 g/mol. The highest BCUT2D eigenvalue weighted by Crippen LogP contribution is 2.41. The van der Waals surface area contributed by atoms with E-state index < -0.39 is 0 Å². The Morgan fingerprint density at radius 3 is 2.73 bits per heavy atom. The minimum atomic E-state index is 0.0326. The number of halogens is 1. The Bertz CT molecular complexity index is 426. The summed E-state index contributed by atoms with van der Waals surface area (Å²) in [6.45, 7) is 4.51. The monoisotopic (exact) mass is 270 g/mol. The number of fused-ring (bicyclic) bond motifs is 1. The van der Waals surface area contributed by atoms with Crippen LogP contribution in [-0.4, -0.2) is 19.0 Å². The summed E-state index contributed by atoms with van der Waals surface area (Å²) in [6.07, 6.45) is 0. The van der Waals surface area contributed by atoms with Crippen LogP contribution in [0.15, 0.2) is 10.5 Å². The third kappa shape index (κ3) is 1.74. The first-order chi connectivity index (χ1) is 7.11. The van der Waals surface area contributed by atoms with Crippen LogP contribution in [0.5, 0.6) is 11.5 Å². The molecule has 3 nitrogen and oxygen atoms in total. The van der Waals surface area contributed by atoms with E-state index in [4.69, 9.17) is 9.47 Å². The number of rotatable bonds is 1. The van der Waals surface area contributed by atoms with E-state index in [1.54, 1.807) is 13.0 Å². The van der Waals surface area contributed by atoms with E-state index >= 15 is 0 Å². The molecule has 0 saturated carbocycles. The van der Waals surface area contributed by atoms with Gasteiger partial charge in [0.2, 0.25) is 0 Å². The van der Waals surface area contributed by atoms with Gasteiger partial charge < -0.3 is 9.47 Å². The van der Waals surface area contributed by atoms with E-state index in [2.05, 4.69) is 15.9 Å². The molecule has 0 N–H and O–H groups in total. The Labute approximate surface area is 96.5 Å². The molecular formula is C11H11BrO3. The van der Waals surface area contributed by atoms with Gasteiger partial charge in [-0.25, -0.2) is 0 Å². The normalized spacial score (nSPS) is 13.8. The maximum absolute atomic E-state index is 11.4. The van der Waals surface area contributed by atoms with Crippen LogP contribution in [0.2, 0.25) is 0 Å². The van der Waals surface area contributed by atoms with Crippen molar-refractivity contribution in [3.63, 3.8) is 0 Å². The van der Waals surface area contributed by atoms with Crippen LogP contribution in [0.4, 0.5) is 0 Å². The molecule has 0 aromatic heterocycles. The summed E-state index contributed by atoms with van der Waals surface area (Å²) in [5.74, 6) is 1.37. The number of hydrogen-bond donors (Lipinski definition) is 0. The van der Waals surface area contributed by atoms with Crippen LogP contribution in [0.25, 0.3) is 0 Å². The first-order valence-corrected chi connectivity index (χ1v) is 5.50. The lowest BCUT2D eigenvalue weighted by molar-refractivity contribution is 0.101. The van der Waals surface area contributed by atoms with Gasteiger partial charge in [-0.15, -0.1) is 0 Å². The summed E-state index contributed by atoms with van der Waals surface area (Å²) in [7, 11) is 0. The molecule has 0 atom stereocenters. The minimum absolute atomic E-state index is 0.0326. The predicted octanol–water partition coefficient (Wildman–Crippen LogP) is 2.73. The van der Waals surface area contributed by atoms with Crippen molar-refractivity contribution < 1.29 is 14.3 Å². The van der Waals surface area contributed by atoms with Crippen molar-refractivity contribution in [1.29, 1.82) is 0 Å². The van der Waals surface area contributed by atoms with Gasteiger partial charge in [-0.3, -0.25) is 4.79 Å². The fourth-order valence-corrected chi connectivity index (χ4v) is 2.13. The fraction of sp³-hybridized carbons (Fsp3) is 0.364. The lowest BCUT2D eigenvalue weighted by Crippen LogP contribution is -2.17. The number of ether oxygens (including phenoxy) is 2. The minimum Gasteiger partial charge on any atom is -0.486 e. The first-order valence-electron chi connectivity index (χ1n) is 4.71. The lowest BCUT2D eigenvalue weighted by atomic mass is 10.0. The van der Waals surface area contributed by atoms with Crippen molar-refractivity contribution in [2.45, 2.75) is 13.8 Å². The van der Waals surface area contributed by atoms with Crippen molar-refractivity contribution in [3.05, 3.63) is 21.7 Å². The number of hydrogen-bond acceptors (Lipinski definition) is 3. The molecule has 1 aromatic rings. The number of carbonyl (C=O) groups is 1. The summed E-state index contributed by atoms with van der Waals surface area (Å²) in [4.78, 5) is 11.4. The van der Waals surface area contributed by atoms with Crippen LogP contribution in [-0.2, 0) is 0 Å². The number of benzene rings is 1. The van der Waals surface area contributed by atoms with Crippen molar-refractivity contribution in [1.82, 2.24) is 0 Å². The maximum atomic E-state index is 11.4. The van der Waals surface area contributed by atoms with E-state index in [1.165, 1.54) is 0 Å². The van der Waals surface area contributed by atoms with Crippen LogP contribution < -0.4 is 9.47 Å². The Kier molecular flexibility index (Phi) is 2.69. The van der Waals surface area contributed by atoms with E-state index in [0.29, 0.717) is 30.3 Å². The SMILES string of the molecule is CC(=O)c1cc2c(c(Br)c1C)OCCO2. The standard InChI is InChI=1S/C11H11BrO3/c1-6-8(7(2)13)5-9-11(10(6)12)15-4-3-14-9/h5H,3-4H2,1-2H3. The van der Waals surface area contributed by atoms with Crippen molar-refractivity contribution >= 4 is 21.7 Å². The summed E-state index contributed by atoms with van der Waals surface area (Å²) >= 11 is 3.43. The molecule has 0 bridgehead atoms. The average molecular weight is 271 g/mol. The number of ketones is 1. The molecule has 0 radical (unpaired) electrons. The quantitative estimate of drug-likeness (QED) is 0.737. The molecule has 1 aromatic carbocycles. The molecule has 0 fully saturated rings. The Balaban J connectivity index is 2.63. The summed E-state index contributed by atoms with van der Waals surface area (Å²) in [5.41, 5.74) is 1.57. The smallest absolute Gasteiger partial charge is 0.175 e. The van der Waals surface area contributed by atoms with Gasteiger partial charge in [-0.2, -0.15) is 0 Å². The van der Waals surface area contributed by atoms with E-state index in [0.717, 1.165) is 10.0 Å². The van der Waals surface area contributed by atoms with E-state index in [-0.39, 0.29) is 5.78 Å². The molecule has 1 heterocycles. The van der Waals surface area contributed by atoms with Gasteiger partial charge in [0.15, 0.2) is 17.3 Å². The van der Waals surface area contributed by atoms with Crippen molar-refractivity contribution in [3.8, 4) is 11.5 Å². The second kappa shape index (κ2) is 3.85. The second-order valence-corrected chi connectivity index (χ2v) is 4.24. The zero-order valence-corrected chi connectivity index (χ0v) is 10.2. The van der Waals surface area contributed by atoms with Crippen molar-refractivity contribution in [2.24, 2.45) is 0 Å².